The lowest BCUT2D eigenvalue weighted by Gasteiger charge is -2.26. The number of aliphatic hydroxyl groups is 2. The van der Waals surface area contributed by atoms with E-state index in [0.29, 0.717) is 5.92 Å². The van der Waals surface area contributed by atoms with E-state index in [0.717, 1.165) is 19.3 Å². The molecule has 3 unspecified atom stereocenters. The van der Waals surface area contributed by atoms with Crippen molar-refractivity contribution in [3.05, 3.63) is 0 Å². The van der Waals surface area contributed by atoms with E-state index in [1.54, 1.807) is 0 Å². The molecular weight excluding hydrogens is 212 g/mol. The third kappa shape index (κ3) is 4.81. The van der Waals surface area contributed by atoms with Crippen LogP contribution in [0, 0.1) is 5.92 Å². The highest BCUT2D eigenvalue weighted by Crippen LogP contribution is 2.25. The van der Waals surface area contributed by atoms with E-state index in [-0.39, 0.29) is 12.7 Å². The van der Waals surface area contributed by atoms with Gasteiger partial charge in [-0.25, -0.2) is 4.79 Å². The van der Waals surface area contributed by atoms with E-state index in [1.807, 2.05) is 0 Å². The maximum absolute atomic E-state index is 11.2. The molecule has 5 heteroatoms. The van der Waals surface area contributed by atoms with Gasteiger partial charge in [0.25, 0.3) is 0 Å². The zero-order valence-electron chi connectivity index (χ0n) is 9.59. The van der Waals surface area contributed by atoms with Crippen molar-refractivity contribution in [2.45, 2.75) is 44.8 Å². The summed E-state index contributed by atoms with van der Waals surface area (Å²) in [6.07, 6.45) is 2.14. The van der Waals surface area contributed by atoms with Crippen molar-refractivity contribution in [2.75, 3.05) is 13.2 Å². The SMILES string of the molecule is CC1CCCC(OC(=O)OCC(O)CO)C1. The standard InChI is InChI=1S/C11H20O5/c1-8-3-2-4-10(5-8)16-11(14)15-7-9(13)6-12/h8-10,12-13H,2-7H2,1H3. The lowest BCUT2D eigenvalue weighted by atomic mass is 9.89. The fourth-order valence-electron chi connectivity index (χ4n) is 1.87. The average molecular weight is 232 g/mol. The molecule has 0 bridgehead atoms. The molecule has 1 saturated carbocycles. The summed E-state index contributed by atoms with van der Waals surface area (Å²) >= 11 is 0. The fraction of sp³-hybridized carbons (Fsp3) is 0.909. The predicted molar refractivity (Wildman–Crippen MR) is 56.9 cm³/mol. The molecule has 0 saturated heterocycles. The molecule has 3 atom stereocenters. The molecule has 0 spiro atoms. The van der Waals surface area contributed by atoms with Crippen molar-refractivity contribution >= 4 is 6.16 Å². The van der Waals surface area contributed by atoms with Crippen LogP contribution in [0.25, 0.3) is 0 Å². The minimum atomic E-state index is -1.03. The Kier molecular flexibility index (Phi) is 5.55. The van der Waals surface area contributed by atoms with E-state index in [9.17, 15) is 4.79 Å². The van der Waals surface area contributed by atoms with E-state index in [2.05, 4.69) is 11.7 Å². The van der Waals surface area contributed by atoms with Gasteiger partial charge in [0.1, 0.15) is 18.8 Å². The summed E-state index contributed by atoms with van der Waals surface area (Å²) in [5, 5.41) is 17.5. The number of hydrogen-bond acceptors (Lipinski definition) is 5. The second kappa shape index (κ2) is 6.70. The molecule has 0 amide bonds. The van der Waals surface area contributed by atoms with Crippen LogP contribution in [0.2, 0.25) is 0 Å². The van der Waals surface area contributed by atoms with Crippen molar-refractivity contribution in [1.29, 1.82) is 0 Å². The van der Waals surface area contributed by atoms with Gasteiger partial charge >= 0.3 is 6.16 Å². The normalized spacial score (nSPS) is 27.2. The average Bonchev–Trinajstić information content (AvgIpc) is 2.26. The Balaban J connectivity index is 2.18. The summed E-state index contributed by atoms with van der Waals surface area (Å²) in [6.45, 7) is 1.49. The van der Waals surface area contributed by atoms with Crippen LogP contribution in [0.5, 0.6) is 0 Å². The first-order valence-corrected chi connectivity index (χ1v) is 5.74. The first kappa shape index (κ1) is 13.3. The number of ether oxygens (including phenoxy) is 2. The van der Waals surface area contributed by atoms with Gasteiger partial charge in [-0.2, -0.15) is 0 Å². The van der Waals surface area contributed by atoms with Gasteiger partial charge in [-0.1, -0.05) is 13.3 Å². The molecular formula is C11H20O5. The van der Waals surface area contributed by atoms with Gasteiger partial charge in [0, 0.05) is 0 Å². The van der Waals surface area contributed by atoms with Crippen LogP contribution in [0.3, 0.4) is 0 Å². The molecule has 1 rings (SSSR count). The number of carbonyl (C=O) groups is 1. The lowest BCUT2D eigenvalue weighted by molar-refractivity contribution is -0.0241. The first-order chi connectivity index (χ1) is 7.61. The molecule has 0 heterocycles. The predicted octanol–water partition coefficient (Wildman–Crippen LogP) is 1.07. The van der Waals surface area contributed by atoms with Crippen LogP contribution < -0.4 is 0 Å². The topological polar surface area (TPSA) is 76.0 Å². The molecule has 2 N–H and O–H groups in total. The van der Waals surface area contributed by atoms with Gasteiger partial charge in [0.15, 0.2) is 0 Å². The van der Waals surface area contributed by atoms with Gasteiger partial charge < -0.3 is 19.7 Å². The van der Waals surface area contributed by atoms with Gasteiger partial charge in [0.05, 0.1) is 6.61 Å². The zero-order valence-corrected chi connectivity index (χ0v) is 9.59. The molecule has 16 heavy (non-hydrogen) atoms. The molecule has 1 aliphatic rings. The minimum absolute atomic E-state index is 0.0671. The molecule has 5 nitrogen and oxygen atoms in total. The maximum Gasteiger partial charge on any atom is 0.508 e. The molecule has 0 aromatic rings. The minimum Gasteiger partial charge on any atom is -0.431 e. The van der Waals surface area contributed by atoms with Gasteiger partial charge in [-0.05, 0) is 25.2 Å². The monoisotopic (exact) mass is 232 g/mol. The number of rotatable bonds is 4. The molecule has 0 aliphatic heterocycles. The summed E-state index contributed by atoms with van der Waals surface area (Å²) in [6, 6.07) is 0. The largest absolute Gasteiger partial charge is 0.508 e. The van der Waals surface area contributed by atoms with Crippen molar-refractivity contribution in [1.82, 2.24) is 0 Å². The van der Waals surface area contributed by atoms with Gasteiger partial charge in [0.2, 0.25) is 0 Å². The highest BCUT2D eigenvalue weighted by molar-refractivity contribution is 5.60. The third-order valence-corrected chi connectivity index (χ3v) is 2.76. The van der Waals surface area contributed by atoms with Crippen LogP contribution in [0.1, 0.15) is 32.6 Å². The van der Waals surface area contributed by atoms with Crippen LogP contribution in [-0.4, -0.2) is 41.8 Å². The van der Waals surface area contributed by atoms with Crippen LogP contribution >= 0.6 is 0 Å². The van der Waals surface area contributed by atoms with Gasteiger partial charge in [-0.15, -0.1) is 0 Å². The Bertz CT molecular complexity index is 218. The lowest BCUT2D eigenvalue weighted by Crippen LogP contribution is -2.27. The molecule has 1 aliphatic carbocycles. The third-order valence-electron chi connectivity index (χ3n) is 2.76. The molecule has 0 aromatic carbocycles. The Morgan fingerprint density at radius 2 is 2.25 bits per heavy atom. The highest BCUT2D eigenvalue weighted by Gasteiger charge is 2.23. The number of hydrogen-bond donors (Lipinski definition) is 2. The van der Waals surface area contributed by atoms with Crippen molar-refractivity contribution in [3.63, 3.8) is 0 Å². The molecule has 1 fully saturated rings. The fourth-order valence-corrected chi connectivity index (χ4v) is 1.87. The summed E-state index contributed by atoms with van der Waals surface area (Å²) in [5.74, 6) is 0.578. The number of carbonyl (C=O) groups excluding carboxylic acids is 1. The number of aliphatic hydroxyl groups excluding tert-OH is 2. The van der Waals surface area contributed by atoms with E-state index in [4.69, 9.17) is 14.9 Å². The van der Waals surface area contributed by atoms with E-state index >= 15 is 0 Å². The Morgan fingerprint density at radius 3 is 2.88 bits per heavy atom. The Hall–Kier alpha value is -0.810. The summed E-state index contributed by atoms with van der Waals surface area (Å²) < 4.78 is 9.76. The smallest absolute Gasteiger partial charge is 0.431 e. The summed E-state index contributed by atoms with van der Waals surface area (Å²) in [7, 11) is 0. The van der Waals surface area contributed by atoms with Crippen molar-refractivity contribution in [2.24, 2.45) is 5.92 Å². The first-order valence-electron chi connectivity index (χ1n) is 5.74. The molecule has 94 valence electrons. The Morgan fingerprint density at radius 1 is 1.50 bits per heavy atom. The second-order valence-corrected chi connectivity index (χ2v) is 4.41. The van der Waals surface area contributed by atoms with E-state index < -0.39 is 18.9 Å². The zero-order chi connectivity index (χ0) is 12.0. The Labute approximate surface area is 95.4 Å². The van der Waals surface area contributed by atoms with Crippen LogP contribution in [0.15, 0.2) is 0 Å². The summed E-state index contributed by atoms with van der Waals surface area (Å²) in [4.78, 5) is 11.2. The molecule has 0 radical (unpaired) electrons. The van der Waals surface area contributed by atoms with Crippen molar-refractivity contribution in [3.8, 4) is 0 Å². The highest BCUT2D eigenvalue weighted by atomic mass is 16.7. The van der Waals surface area contributed by atoms with Gasteiger partial charge in [-0.3, -0.25) is 0 Å². The second-order valence-electron chi connectivity index (χ2n) is 4.41. The van der Waals surface area contributed by atoms with Crippen LogP contribution in [-0.2, 0) is 9.47 Å². The van der Waals surface area contributed by atoms with Crippen molar-refractivity contribution < 1.29 is 24.5 Å². The maximum atomic E-state index is 11.2. The quantitative estimate of drug-likeness (QED) is 0.709. The van der Waals surface area contributed by atoms with Crippen LogP contribution in [0.4, 0.5) is 4.79 Å². The van der Waals surface area contributed by atoms with E-state index in [1.165, 1.54) is 6.42 Å². The molecule has 0 aromatic heterocycles. The summed E-state index contributed by atoms with van der Waals surface area (Å²) in [5.41, 5.74) is 0.